The van der Waals surface area contributed by atoms with E-state index in [0.29, 0.717) is 27.0 Å². The minimum absolute atomic E-state index is 0.113. The van der Waals surface area contributed by atoms with Gasteiger partial charge in [0, 0.05) is 50.0 Å². The SMILES string of the molecule is CC(=[NH2+])SCc1ccc(Cl)c2ccccc12.NC(=[NH2+])SCc1ccc(Cl)cc1Cl.O=[N+]([O-])c1c([O-])c(Cl)cc(Cl)c1Cl.O=[N+]([O-])c1ccc([O-])c([N+](=O)[O-])c1. The largest absolute Gasteiger partial charge is 0.868 e. The summed E-state index contributed by atoms with van der Waals surface area (Å²) in [6.45, 7) is 1.92. The number of nitro benzene ring substituents is 3. The Hall–Kier alpha value is -4.26. The lowest BCUT2D eigenvalue weighted by atomic mass is 10.1. The van der Waals surface area contributed by atoms with E-state index in [4.69, 9.17) is 86.2 Å². The highest BCUT2D eigenvalue weighted by Gasteiger charge is 2.19. The predicted octanol–water partition coefficient (Wildman–Crippen LogP) is 7.41. The van der Waals surface area contributed by atoms with Crippen LogP contribution in [0.1, 0.15) is 18.1 Å². The second-order valence-electron chi connectivity index (χ2n) is 10.3. The van der Waals surface area contributed by atoms with Gasteiger partial charge in [0.25, 0.3) is 22.2 Å². The summed E-state index contributed by atoms with van der Waals surface area (Å²) < 4.78 is 0. The lowest BCUT2D eigenvalue weighted by Gasteiger charge is -2.10. The number of amidine groups is 1. The zero-order valence-corrected chi connectivity index (χ0v) is 34.0. The maximum absolute atomic E-state index is 11.1. The van der Waals surface area contributed by atoms with Crippen molar-refractivity contribution >= 4 is 131 Å². The summed E-state index contributed by atoms with van der Waals surface area (Å²) in [6.07, 6.45) is 0. The molecule has 0 aliphatic heterocycles. The fourth-order valence-corrected chi connectivity index (χ4v) is 6.59. The number of hydrogen-bond donors (Lipinski definition) is 3. The van der Waals surface area contributed by atoms with Crippen LogP contribution in [0.2, 0.25) is 30.1 Å². The van der Waals surface area contributed by atoms with E-state index in [0.717, 1.165) is 45.0 Å². The molecule has 0 fully saturated rings. The van der Waals surface area contributed by atoms with Crippen LogP contribution in [0.3, 0.4) is 0 Å². The first-order valence-electron chi connectivity index (χ1n) is 14.7. The molecule has 22 heteroatoms. The average Bonchev–Trinajstić information content (AvgIpc) is 3.11. The van der Waals surface area contributed by atoms with Gasteiger partial charge in [-0.15, -0.1) is 0 Å². The molecule has 0 saturated carbocycles. The van der Waals surface area contributed by atoms with E-state index in [1.54, 1.807) is 23.9 Å². The summed E-state index contributed by atoms with van der Waals surface area (Å²) in [4.78, 5) is 28.0. The molecule has 0 aliphatic carbocycles. The Morgan fingerprint density at radius 1 is 0.673 bits per heavy atom. The van der Waals surface area contributed by atoms with E-state index in [1.807, 2.05) is 37.3 Å². The zero-order chi connectivity index (χ0) is 41.6. The summed E-state index contributed by atoms with van der Waals surface area (Å²) in [5, 5.41) is 68.3. The highest BCUT2D eigenvalue weighted by atomic mass is 35.5. The van der Waals surface area contributed by atoms with Crippen molar-refractivity contribution in [1.29, 1.82) is 0 Å². The molecule has 0 amide bonds. The monoisotopic (exact) mass is 908 g/mol. The maximum atomic E-state index is 11.1. The van der Waals surface area contributed by atoms with E-state index in [-0.39, 0.29) is 15.1 Å². The summed E-state index contributed by atoms with van der Waals surface area (Å²) in [5.74, 6) is -0.213. The van der Waals surface area contributed by atoms with Gasteiger partial charge in [-0.1, -0.05) is 124 Å². The Morgan fingerprint density at radius 3 is 1.82 bits per heavy atom. The number of halogens is 6. The molecule has 14 nitrogen and oxygen atoms in total. The van der Waals surface area contributed by atoms with Gasteiger partial charge in [0.05, 0.1) is 25.9 Å². The van der Waals surface area contributed by atoms with Crippen molar-refractivity contribution in [2.45, 2.75) is 18.4 Å². The van der Waals surface area contributed by atoms with Crippen LogP contribution in [0, 0.1) is 30.3 Å². The second kappa shape index (κ2) is 22.3. The fourth-order valence-electron chi connectivity index (χ4n) is 3.93. The number of fused-ring (bicyclic) bond motifs is 1. The summed E-state index contributed by atoms with van der Waals surface area (Å²) >= 11 is 37.1. The van der Waals surface area contributed by atoms with Gasteiger partial charge in [0.2, 0.25) is 5.04 Å². The third-order valence-electron chi connectivity index (χ3n) is 6.46. The molecule has 0 unspecified atom stereocenters. The van der Waals surface area contributed by atoms with Crippen molar-refractivity contribution in [2.75, 3.05) is 0 Å². The lowest BCUT2D eigenvalue weighted by Crippen LogP contribution is -2.43. The number of benzene rings is 5. The highest BCUT2D eigenvalue weighted by Crippen LogP contribution is 2.42. The van der Waals surface area contributed by atoms with Gasteiger partial charge in [-0.05, 0) is 64.0 Å². The van der Waals surface area contributed by atoms with Gasteiger partial charge >= 0.3 is 0 Å². The normalized spacial score (nSPS) is 10.1. The summed E-state index contributed by atoms with van der Waals surface area (Å²) in [6, 6.07) is 21.0. The molecule has 6 N–H and O–H groups in total. The molecule has 0 atom stereocenters. The molecule has 0 radical (unpaired) electrons. The van der Waals surface area contributed by atoms with Crippen LogP contribution in [-0.4, -0.2) is 25.0 Å². The molecule has 0 aromatic heterocycles. The van der Waals surface area contributed by atoms with Crippen LogP contribution in [0.4, 0.5) is 17.1 Å². The number of nitrogens with zero attached hydrogens (tertiary/aromatic N) is 3. The molecular weight excluding hydrogens is 885 g/mol. The Bertz CT molecular complexity index is 2230. The molecule has 0 bridgehead atoms. The van der Waals surface area contributed by atoms with Crippen LogP contribution in [0.15, 0.2) is 78.9 Å². The van der Waals surface area contributed by atoms with E-state index >= 15 is 0 Å². The molecule has 0 spiro atoms. The van der Waals surface area contributed by atoms with E-state index in [2.05, 4.69) is 12.1 Å². The molecule has 0 heterocycles. The van der Waals surface area contributed by atoms with Gasteiger partial charge in [-0.3, -0.25) is 46.9 Å². The van der Waals surface area contributed by atoms with Crippen LogP contribution in [0.5, 0.6) is 11.5 Å². The minimum Gasteiger partial charge on any atom is -0.868 e. The number of rotatable bonds is 7. The third-order valence-corrected chi connectivity index (χ3v) is 10.1. The van der Waals surface area contributed by atoms with Crippen molar-refractivity contribution in [3.8, 4) is 11.5 Å². The number of non-ortho nitro benzene ring substituents is 1. The average molecular weight is 911 g/mol. The molecule has 55 heavy (non-hydrogen) atoms. The van der Waals surface area contributed by atoms with Crippen LogP contribution in [-0.2, 0) is 11.5 Å². The standard InChI is InChI=1S/C13H12ClNS.C8H8Cl2N2S.C6H2Cl3NO3.C6H4N2O5/c1-9(15)16-8-10-6-7-13(14)12-5-3-2-4-11(10)12;9-6-2-1-5(7(10)3-6)4-13-8(11)12;7-2-1-3(8)6(11)5(4(2)9)10(12)13;9-6-2-1-4(7(10)11)3-5(6)8(12)13/h2-7,15H,8H2,1H3;1-3H,4H2,(H3,11,12);1,11H;1-3,9H. The summed E-state index contributed by atoms with van der Waals surface area (Å²) in [7, 11) is 0. The van der Waals surface area contributed by atoms with Crippen LogP contribution >= 0.6 is 93.1 Å². The number of thioether (sulfide) groups is 2. The van der Waals surface area contributed by atoms with Crippen molar-refractivity contribution in [3.05, 3.63) is 150 Å². The Kier molecular flexibility index (Phi) is 19.0. The molecule has 5 aromatic rings. The Balaban J connectivity index is 0.000000255. The molecule has 0 saturated heterocycles. The van der Waals surface area contributed by atoms with Crippen molar-refractivity contribution in [1.82, 2.24) is 0 Å². The van der Waals surface area contributed by atoms with E-state index in [1.165, 1.54) is 22.7 Å². The second-order valence-corrected chi connectivity index (χ2v) is 15.0. The maximum Gasteiger partial charge on any atom is 0.300 e. The molecular formula is C33H26Cl6N6O8S2. The van der Waals surface area contributed by atoms with Gasteiger partial charge in [0.1, 0.15) is 5.02 Å². The Morgan fingerprint density at radius 2 is 1.27 bits per heavy atom. The quantitative estimate of drug-likeness (QED) is 0.0476. The van der Waals surface area contributed by atoms with Crippen LogP contribution < -0.4 is 26.8 Å². The molecule has 290 valence electrons. The summed E-state index contributed by atoms with van der Waals surface area (Å²) in [5.41, 5.74) is 5.52. The minimum atomic E-state index is -0.949. The van der Waals surface area contributed by atoms with Crippen molar-refractivity contribution in [2.24, 2.45) is 5.73 Å². The van der Waals surface area contributed by atoms with Crippen molar-refractivity contribution in [3.63, 3.8) is 0 Å². The molecule has 5 rings (SSSR count). The van der Waals surface area contributed by atoms with Gasteiger partial charge in [-0.25, -0.2) is 0 Å². The topological polar surface area (TPSA) is 253 Å². The first-order chi connectivity index (χ1) is 25.7. The number of hydrogen-bond acceptors (Lipinski definition) is 10. The smallest absolute Gasteiger partial charge is 0.300 e. The fraction of sp³-hybridized carbons (Fsp3) is 0.0909. The third kappa shape index (κ3) is 14.7. The Labute approximate surface area is 350 Å². The van der Waals surface area contributed by atoms with Gasteiger partial charge in [-0.2, -0.15) is 0 Å². The number of nitrogens with two attached hydrogens (primary N) is 3. The van der Waals surface area contributed by atoms with E-state index in [9.17, 15) is 40.6 Å². The number of nitro groups is 3. The first kappa shape index (κ1) is 46.9. The molecule has 0 aliphatic rings. The molecule has 5 aromatic carbocycles. The zero-order valence-electron chi connectivity index (χ0n) is 27.8. The van der Waals surface area contributed by atoms with Crippen molar-refractivity contribution < 1.29 is 35.8 Å². The van der Waals surface area contributed by atoms with E-state index < -0.39 is 43.3 Å². The van der Waals surface area contributed by atoms with Crippen LogP contribution in [0.25, 0.3) is 10.8 Å². The highest BCUT2D eigenvalue weighted by molar-refractivity contribution is 8.13. The van der Waals surface area contributed by atoms with Gasteiger partial charge < -0.3 is 10.2 Å². The first-order valence-corrected chi connectivity index (χ1v) is 18.9. The lowest BCUT2D eigenvalue weighted by molar-refractivity contribution is -0.403. The predicted molar refractivity (Wildman–Crippen MR) is 219 cm³/mol. The van der Waals surface area contributed by atoms with Gasteiger partial charge in [0.15, 0.2) is 0 Å².